The number of amidine groups is 1. The molecule has 6 nitrogen and oxygen atoms in total. The number of methoxy groups -OCH3 is 1. The summed E-state index contributed by atoms with van der Waals surface area (Å²) in [7, 11) is 1.63. The van der Waals surface area contributed by atoms with Crippen molar-refractivity contribution in [3.05, 3.63) is 48.5 Å². The van der Waals surface area contributed by atoms with Gasteiger partial charge in [-0.15, -0.1) is 0 Å². The highest BCUT2D eigenvalue weighted by Crippen LogP contribution is 2.30. The van der Waals surface area contributed by atoms with E-state index in [1.807, 2.05) is 24.3 Å². The van der Waals surface area contributed by atoms with Crippen LogP contribution in [0.5, 0.6) is 5.75 Å². The average Bonchev–Trinajstić information content (AvgIpc) is 3.05. The Kier molecular flexibility index (Phi) is 5.10. The lowest BCUT2D eigenvalue weighted by atomic mass is 10.2. The Labute approximate surface area is 145 Å². The maximum absolute atomic E-state index is 12.8. The fourth-order valence-corrected chi connectivity index (χ4v) is 3.68. The molecule has 0 N–H and O–H groups in total. The summed E-state index contributed by atoms with van der Waals surface area (Å²) in [6.45, 7) is 2.07. The lowest BCUT2D eigenvalue weighted by Gasteiger charge is -2.22. The van der Waals surface area contributed by atoms with Crippen molar-refractivity contribution >= 4 is 28.5 Å². The Bertz CT molecular complexity index is 734. The molecule has 0 spiro atoms. The van der Waals surface area contributed by atoms with Gasteiger partial charge in [0.25, 0.3) is 5.91 Å². The lowest BCUT2D eigenvalue weighted by molar-refractivity contribution is 0.0813. The molecule has 1 aliphatic heterocycles. The van der Waals surface area contributed by atoms with Gasteiger partial charge in [-0.3, -0.25) is 14.7 Å². The standard InChI is InChI=1S/C17H18N4O2S/c1-3-13-11-24-17(20-12-4-6-14(23-2)7-5-12)21(13)16(22)15-10-18-8-9-19-15/h4-10,13H,3,11H2,1-2H3. The van der Waals surface area contributed by atoms with E-state index in [1.54, 1.807) is 30.0 Å². The minimum absolute atomic E-state index is 0.113. The first-order valence-corrected chi connectivity index (χ1v) is 8.66. The normalized spacial score (nSPS) is 18.8. The molecule has 0 aliphatic carbocycles. The molecule has 0 saturated carbocycles. The van der Waals surface area contributed by atoms with Gasteiger partial charge < -0.3 is 4.74 Å². The molecule has 1 aromatic carbocycles. The molecule has 1 saturated heterocycles. The number of carbonyl (C=O) groups excluding carboxylic acids is 1. The molecule has 124 valence electrons. The quantitative estimate of drug-likeness (QED) is 0.854. The number of rotatable bonds is 4. The van der Waals surface area contributed by atoms with Crippen LogP contribution in [-0.2, 0) is 0 Å². The molecule has 1 aliphatic rings. The molecule has 2 heterocycles. The van der Waals surface area contributed by atoms with Gasteiger partial charge >= 0.3 is 0 Å². The van der Waals surface area contributed by atoms with E-state index in [0.29, 0.717) is 10.9 Å². The number of aliphatic imine (C=N–C) groups is 1. The summed E-state index contributed by atoms with van der Waals surface area (Å²) in [5, 5.41) is 0.697. The molecule has 0 bridgehead atoms. The third kappa shape index (κ3) is 3.41. The summed E-state index contributed by atoms with van der Waals surface area (Å²) >= 11 is 1.59. The zero-order valence-corrected chi connectivity index (χ0v) is 14.4. The summed E-state index contributed by atoms with van der Waals surface area (Å²) in [5.74, 6) is 1.45. The second kappa shape index (κ2) is 7.44. The Morgan fingerprint density at radius 2 is 2.17 bits per heavy atom. The predicted octanol–water partition coefficient (Wildman–Crippen LogP) is 3.14. The maximum Gasteiger partial charge on any atom is 0.280 e. The van der Waals surface area contributed by atoms with Crippen LogP contribution < -0.4 is 4.74 Å². The third-order valence-electron chi connectivity index (χ3n) is 3.75. The number of hydrogen-bond acceptors (Lipinski definition) is 6. The SMILES string of the molecule is CCC1CSC(=Nc2ccc(OC)cc2)N1C(=O)c1cnccn1. The molecule has 2 aromatic rings. The van der Waals surface area contributed by atoms with Crippen molar-refractivity contribution in [3.8, 4) is 5.75 Å². The number of carbonyl (C=O) groups is 1. The van der Waals surface area contributed by atoms with Gasteiger partial charge in [0, 0.05) is 24.2 Å². The van der Waals surface area contributed by atoms with E-state index < -0.39 is 0 Å². The van der Waals surface area contributed by atoms with Crippen LogP contribution in [0.2, 0.25) is 0 Å². The van der Waals surface area contributed by atoms with Crippen LogP contribution in [0.4, 0.5) is 5.69 Å². The van der Waals surface area contributed by atoms with E-state index in [-0.39, 0.29) is 11.9 Å². The first-order valence-electron chi connectivity index (χ1n) is 7.68. The van der Waals surface area contributed by atoms with Crippen molar-refractivity contribution in [1.82, 2.24) is 14.9 Å². The van der Waals surface area contributed by atoms with Crippen LogP contribution in [0.1, 0.15) is 23.8 Å². The van der Waals surface area contributed by atoms with Crippen molar-refractivity contribution in [1.29, 1.82) is 0 Å². The first-order chi connectivity index (χ1) is 11.7. The van der Waals surface area contributed by atoms with Crippen LogP contribution in [-0.4, -0.2) is 44.8 Å². The van der Waals surface area contributed by atoms with E-state index >= 15 is 0 Å². The summed E-state index contributed by atoms with van der Waals surface area (Å²) in [6, 6.07) is 7.56. The fourth-order valence-electron chi connectivity index (χ4n) is 2.41. The highest BCUT2D eigenvalue weighted by atomic mass is 32.2. The first kappa shape index (κ1) is 16.4. The van der Waals surface area contributed by atoms with Gasteiger partial charge in [-0.05, 0) is 30.7 Å². The van der Waals surface area contributed by atoms with Crippen molar-refractivity contribution in [2.45, 2.75) is 19.4 Å². The van der Waals surface area contributed by atoms with E-state index in [2.05, 4.69) is 21.9 Å². The van der Waals surface area contributed by atoms with E-state index in [0.717, 1.165) is 23.6 Å². The Hall–Kier alpha value is -2.41. The van der Waals surface area contributed by atoms with Crippen LogP contribution in [0, 0.1) is 0 Å². The smallest absolute Gasteiger partial charge is 0.280 e. The fraction of sp³-hybridized carbons (Fsp3) is 0.294. The highest BCUT2D eigenvalue weighted by Gasteiger charge is 2.35. The summed E-state index contributed by atoms with van der Waals surface area (Å²) in [4.78, 5) is 27.3. The minimum atomic E-state index is -0.160. The van der Waals surface area contributed by atoms with E-state index in [9.17, 15) is 4.79 Å². The van der Waals surface area contributed by atoms with Crippen molar-refractivity contribution < 1.29 is 9.53 Å². The zero-order chi connectivity index (χ0) is 16.9. The average molecular weight is 342 g/mol. The zero-order valence-electron chi connectivity index (χ0n) is 13.5. The monoisotopic (exact) mass is 342 g/mol. The number of ether oxygens (including phenoxy) is 1. The number of amides is 1. The molecule has 1 aromatic heterocycles. The van der Waals surface area contributed by atoms with Gasteiger partial charge in [-0.25, -0.2) is 9.98 Å². The van der Waals surface area contributed by atoms with Crippen LogP contribution in [0.25, 0.3) is 0 Å². The Morgan fingerprint density at radius 3 is 2.79 bits per heavy atom. The molecule has 1 fully saturated rings. The number of hydrogen-bond donors (Lipinski definition) is 0. The van der Waals surface area contributed by atoms with Gasteiger partial charge in [0.1, 0.15) is 11.4 Å². The van der Waals surface area contributed by atoms with Gasteiger partial charge in [0.05, 0.1) is 19.0 Å². The number of benzene rings is 1. The van der Waals surface area contributed by atoms with E-state index in [1.165, 1.54) is 12.4 Å². The number of nitrogens with zero attached hydrogens (tertiary/aromatic N) is 4. The molecule has 1 atom stereocenters. The second-order valence-electron chi connectivity index (χ2n) is 5.23. The van der Waals surface area contributed by atoms with Crippen LogP contribution >= 0.6 is 11.8 Å². The Balaban J connectivity index is 1.90. The number of aromatic nitrogens is 2. The predicted molar refractivity (Wildman–Crippen MR) is 94.8 cm³/mol. The van der Waals surface area contributed by atoms with Gasteiger partial charge in [0.2, 0.25) is 0 Å². The summed E-state index contributed by atoms with van der Waals surface area (Å²) in [6.07, 6.45) is 5.43. The third-order valence-corrected chi connectivity index (χ3v) is 4.84. The summed E-state index contributed by atoms with van der Waals surface area (Å²) in [5.41, 5.74) is 1.12. The molecule has 1 amide bonds. The molecule has 24 heavy (non-hydrogen) atoms. The lowest BCUT2D eigenvalue weighted by Crippen LogP contribution is -2.39. The topological polar surface area (TPSA) is 67.7 Å². The van der Waals surface area contributed by atoms with Crippen molar-refractivity contribution in [3.63, 3.8) is 0 Å². The van der Waals surface area contributed by atoms with Crippen molar-refractivity contribution in [2.75, 3.05) is 12.9 Å². The molecule has 1 unspecified atom stereocenters. The van der Waals surface area contributed by atoms with Gasteiger partial charge in [-0.2, -0.15) is 0 Å². The van der Waals surface area contributed by atoms with Crippen LogP contribution in [0.15, 0.2) is 47.8 Å². The molecular weight excluding hydrogens is 324 g/mol. The maximum atomic E-state index is 12.8. The molecule has 7 heteroatoms. The number of thioether (sulfide) groups is 1. The van der Waals surface area contributed by atoms with Gasteiger partial charge in [-0.1, -0.05) is 18.7 Å². The van der Waals surface area contributed by atoms with E-state index in [4.69, 9.17) is 4.74 Å². The highest BCUT2D eigenvalue weighted by molar-refractivity contribution is 8.14. The molecule has 0 radical (unpaired) electrons. The minimum Gasteiger partial charge on any atom is -0.497 e. The second-order valence-corrected chi connectivity index (χ2v) is 6.22. The largest absolute Gasteiger partial charge is 0.497 e. The summed E-state index contributed by atoms with van der Waals surface area (Å²) < 4.78 is 5.16. The molecule has 3 rings (SSSR count). The van der Waals surface area contributed by atoms with Crippen molar-refractivity contribution in [2.24, 2.45) is 4.99 Å². The van der Waals surface area contributed by atoms with Gasteiger partial charge in [0.15, 0.2) is 5.17 Å². The Morgan fingerprint density at radius 1 is 1.38 bits per heavy atom. The van der Waals surface area contributed by atoms with Crippen LogP contribution in [0.3, 0.4) is 0 Å². The molecular formula is C17H18N4O2S.